The minimum Gasteiger partial charge on any atom is -0.494 e. The van der Waals surface area contributed by atoms with E-state index in [1.165, 1.54) is 13.2 Å². The molecule has 1 aliphatic heterocycles. The van der Waals surface area contributed by atoms with Gasteiger partial charge in [0, 0.05) is 53.4 Å². The molecule has 0 spiro atoms. The van der Waals surface area contributed by atoms with Gasteiger partial charge in [0.1, 0.15) is 0 Å². The van der Waals surface area contributed by atoms with E-state index in [1.807, 2.05) is 19.9 Å². The summed E-state index contributed by atoms with van der Waals surface area (Å²) in [6, 6.07) is 5.10. The van der Waals surface area contributed by atoms with Crippen LogP contribution in [0.2, 0.25) is 0 Å². The number of piperazine rings is 1. The molecular weight excluding hydrogens is 488 g/mol. The van der Waals surface area contributed by atoms with Crippen molar-refractivity contribution in [2.45, 2.75) is 20.4 Å². The van der Waals surface area contributed by atoms with E-state index >= 15 is 0 Å². The third-order valence-corrected chi connectivity index (χ3v) is 5.04. The van der Waals surface area contributed by atoms with E-state index in [-0.39, 0.29) is 41.5 Å². The Morgan fingerprint density at radius 2 is 1.93 bits per heavy atom. The lowest BCUT2D eigenvalue weighted by molar-refractivity contribution is -0.128. The number of nitrogens with one attached hydrogen (secondary N) is 2. The third kappa shape index (κ3) is 6.98. The van der Waals surface area contributed by atoms with Gasteiger partial charge >= 0.3 is 0 Å². The van der Waals surface area contributed by atoms with Crippen molar-refractivity contribution in [3.8, 4) is 5.75 Å². The van der Waals surface area contributed by atoms with Crippen LogP contribution < -0.4 is 15.4 Å². The monoisotopic (exact) mass is 521 g/mol. The van der Waals surface area contributed by atoms with Gasteiger partial charge in [-0.3, -0.25) is 14.7 Å². The summed E-state index contributed by atoms with van der Waals surface area (Å²) >= 11 is 0. The summed E-state index contributed by atoms with van der Waals surface area (Å²) in [5, 5.41) is 6.01. The minimum absolute atomic E-state index is 0. The lowest BCUT2D eigenvalue weighted by Gasteiger charge is -2.37. The first kappa shape index (κ1) is 25.4. The number of benzene rings is 1. The van der Waals surface area contributed by atoms with Gasteiger partial charge in [-0.1, -0.05) is 6.07 Å². The average molecular weight is 521 g/mol. The number of halogens is 2. The minimum atomic E-state index is -0.523. The number of aliphatic imine (C=N–C) groups is 1. The number of ether oxygens (including phenoxy) is 1. The highest BCUT2D eigenvalue weighted by molar-refractivity contribution is 14.0. The zero-order valence-electron chi connectivity index (χ0n) is 17.9. The summed E-state index contributed by atoms with van der Waals surface area (Å²) in [5.74, 6) is 0.726. The normalized spacial score (nSPS) is 15.5. The van der Waals surface area contributed by atoms with E-state index in [4.69, 9.17) is 4.74 Å². The van der Waals surface area contributed by atoms with Crippen LogP contribution in [0.1, 0.15) is 19.4 Å². The van der Waals surface area contributed by atoms with E-state index < -0.39 is 5.41 Å². The Hall–Kier alpha value is -1.62. The van der Waals surface area contributed by atoms with Crippen LogP contribution in [0.15, 0.2) is 23.2 Å². The first-order valence-corrected chi connectivity index (χ1v) is 9.53. The molecule has 1 saturated heterocycles. The van der Waals surface area contributed by atoms with Crippen molar-refractivity contribution >= 4 is 35.8 Å². The van der Waals surface area contributed by atoms with Gasteiger partial charge in [-0.05, 0) is 31.5 Å². The number of guanidine groups is 1. The molecule has 2 rings (SSSR count). The quantitative estimate of drug-likeness (QED) is 0.340. The topological polar surface area (TPSA) is 69.2 Å². The molecule has 0 saturated carbocycles. The van der Waals surface area contributed by atoms with Gasteiger partial charge in [-0.2, -0.15) is 0 Å². The number of rotatable bonds is 6. The third-order valence-electron chi connectivity index (χ3n) is 5.04. The number of amides is 1. The second kappa shape index (κ2) is 11.5. The summed E-state index contributed by atoms with van der Waals surface area (Å²) in [7, 11) is 4.86. The highest BCUT2D eigenvalue weighted by Crippen LogP contribution is 2.19. The predicted molar refractivity (Wildman–Crippen MR) is 124 cm³/mol. The van der Waals surface area contributed by atoms with Crippen LogP contribution in [0.3, 0.4) is 0 Å². The number of methoxy groups -OCH3 is 1. The largest absolute Gasteiger partial charge is 0.494 e. The molecular formula is C20H33FIN5O2. The Bertz CT molecular complexity index is 706. The van der Waals surface area contributed by atoms with Gasteiger partial charge in [0.2, 0.25) is 5.91 Å². The van der Waals surface area contributed by atoms with Crippen LogP contribution in [-0.2, 0) is 11.3 Å². The van der Waals surface area contributed by atoms with E-state index in [0.29, 0.717) is 13.1 Å². The van der Waals surface area contributed by atoms with Crippen LogP contribution in [0, 0.1) is 11.2 Å². The number of hydrogen-bond donors (Lipinski definition) is 2. The molecule has 0 unspecified atom stereocenters. The van der Waals surface area contributed by atoms with Gasteiger partial charge in [0.05, 0.1) is 12.5 Å². The second-order valence-corrected chi connectivity index (χ2v) is 7.60. The summed E-state index contributed by atoms with van der Waals surface area (Å²) in [5.41, 5.74) is 0.409. The predicted octanol–water partition coefficient (Wildman–Crippen LogP) is 1.92. The van der Waals surface area contributed by atoms with Gasteiger partial charge in [-0.15, -0.1) is 24.0 Å². The summed E-state index contributed by atoms with van der Waals surface area (Å²) in [6.45, 7) is 8.35. The smallest absolute Gasteiger partial charge is 0.227 e. The lowest BCUT2D eigenvalue weighted by Crippen LogP contribution is -2.54. The molecule has 0 bridgehead atoms. The molecule has 2 N–H and O–H groups in total. The molecule has 29 heavy (non-hydrogen) atoms. The maximum atomic E-state index is 13.9. The van der Waals surface area contributed by atoms with Crippen molar-refractivity contribution in [1.29, 1.82) is 0 Å². The number of hydrogen-bond acceptors (Lipinski definition) is 4. The fourth-order valence-corrected chi connectivity index (χ4v) is 3.24. The molecule has 0 atom stereocenters. The molecule has 1 aromatic carbocycles. The van der Waals surface area contributed by atoms with E-state index in [2.05, 4.69) is 25.4 Å². The number of nitrogens with zero attached hydrogens (tertiary/aromatic N) is 3. The highest BCUT2D eigenvalue weighted by atomic mass is 127. The first-order valence-electron chi connectivity index (χ1n) is 9.53. The van der Waals surface area contributed by atoms with Crippen LogP contribution >= 0.6 is 24.0 Å². The van der Waals surface area contributed by atoms with Crippen LogP contribution in [-0.4, -0.2) is 75.6 Å². The van der Waals surface area contributed by atoms with E-state index in [0.717, 1.165) is 37.7 Å². The Balaban J connectivity index is 0.00000420. The lowest BCUT2D eigenvalue weighted by atomic mass is 9.92. The van der Waals surface area contributed by atoms with Crippen molar-refractivity contribution < 1.29 is 13.9 Å². The molecule has 164 valence electrons. The Kier molecular flexibility index (Phi) is 10.1. The summed E-state index contributed by atoms with van der Waals surface area (Å²) in [6.07, 6.45) is 0. The molecule has 0 aliphatic carbocycles. The molecule has 7 nitrogen and oxygen atoms in total. The summed E-state index contributed by atoms with van der Waals surface area (Å²) < 4.78 is 18.8. The summed E-state index contributed by atoms with van der Waals surface area (Å²) in [4.78, 5) is 20.8. The van der Waals surface area contributed by atoms with Crippen molar-refractivity contribution in [2.75, 3.05) is 53.9 Å². The molecule has 1 aliphatic rings. The van der Waals surface area contributed by atoms with Gasteiger partial charge in [0.25, 0.3) is 0 Å². The van der Waals surface area contributed by atoms with Crippen LogP contribution in [0.25, 0.3) is 0 Å². The van der Waals surface area contributed by atoms with Crippen LogP contribution in [0.5, 0.6) is 5.75 Å². The Morgan fingerprint density at radius 1 is 1.28 bits per heavy atom. The zero-order chi connectivity index (χ0) is 20.7. The van der Waals surface area contributed by atoms with Crippen molar-refractivity contribution in [1.82, 2.24) is 20.4 Å². The molecule has 9 heteroatoms. The van der Waals surface area contributed by atoms with E-state index in [1.54, 1.807) is 20.2 Å². The van der Waals surface area contributed by atoms with Crippen molar-refractivity contribution in [3.05, 3.63) is 29.6 Å². The molecule has 0 aromatic heterocycles. The van der Waals surface area contributed by atoms with Gasteiger partial charge in [-0.25, -0.2) is 4.39 Å². The number of carbonyl (C=O) groups excluding carboxylic acids is 1. The van der Waals surface area contributed by atoms with E-state index in [9.17, 15) is 9.18 Å². The Labute approximate surface area is 190 Å². The van der Waals surface area contributed by atoms with Crippen molar-refractivity contribution in [3.63, 3.8) is 0 Å². The first-order chi connectivity index (χ1) is 13.3. The van der Waals surface area contributed by atoms with Crippen LogP contribution in [0.4, 0.5) is 4.39 Å². The standard InChI is InChI=1S/C20H32FN5O2.HI/c1-20(2,18(27)22-3)14-24-19(23-4)26-10-8-25(9-11-26)13-15-6-7-17(28-5)16(21)12-15;/h6-7,12H,8-11,13-14H2,1-5H3,(H,22,27)(H,23,24);1H. The second-order valence-electron chi connectivity index (χ2n) is 7.60. The average Bonchev–Trinajstić information content (AvgIpc) is 2.69. The van der Waals surface area contributed by atoms with Gasteiger partial charge < -0.3 is 20.3 Å². The highest BCUT2D eigenvalue weighted by Gasteiger charge is 2.28. The maximum absolute atomic E-state index is 13.9. The SMILES string of the molecule is CN=C(NCC(C)(C)C(=O)NC)N1CCN(Cc2ccc(OC)c(F)c2)CC1.I. The van der Waals surface area contributed by atoms with Crippen molar-refractivity contribution in [2.24, 2.45) is 10.4 Å². The zero-order valence-corrected chi connectivity index (χ0v) is 20.2. The van der Waals surface area contributed by atoms with Gasteiger partial charge in [0.15, 0.2) is 17.5 Å². The molecule has 1 heterocycles. The fraction of sp³-hybridized carbons (Fsp3) is 0.600. The fourth-order valence-electron chi connectivity index (χ4n) is 3.24. The molecule has 1 fully saturated rings. The molecule has 1 amide bonds. The number of carbonyl (C=O) groups is 1. The maximum Gasteiger partial charge on any atom is 0.227 e. The Morgan fingerprint density at radius 3 is 2.45 bits per heavy atom. The molecule has 1 aromatic rings. The molecule has 0 radical (unpaired) electrons.